The molecule has 0 aromatic carbocycles. The lowest BCUT2D eigenvalue weighted by Crippen LogP contribution is -2.41. The Hall–Kier alpha value is -2.59. The van der Waals surface area contributed by atoms with Crippen LogP contribution in [0.4, 0.5) is 4.39 Å². The normalized spacial score (nSPS) is 15.5. The molecule has 1 aliphatic heterocycles. The summed E-state index contributed by atoms with van der Waals surface area (Å²) in [5.74, 6) is 1.36. The fraction of sp³-hybridized carbons (Fsp3) is 0.519. The fourth-order valence-electron chi connectivity index (χ4n) is 4.04. The number of aliphatic imine (C=N–C) groups is 1. The van der Waals surface area contributed by atoms with Crippen molar-refractivity contribution in [3.8, 4) is 16.5 Å². The van der Waals surface area contributed by atoms with Crippen LogP contribution in [-0.2, 0) is 0 Å². The van der Waals surface area contributed by atoms with Crippen molar-refractivity contribution in [2.75, 3.05) is 19.3 Å². The molecule has 0 saturated carbocycles. The molecule has 200 valence electrons. The average molecular weight is 545 g/mol. The Kier molecular flexibility index (Phi) is 10.4. The summed E-state index contributed by atoms with van der Waals surface area (Å²) < 4.78 is 20.7. The number of amidine groups is 2. The van der Waals surface area contributed by atoms with E-state index in [9.17, 15) is 4.39 Å². The van der Waals surface area contributed by atoms with Gasteiger partial charge in [0, 0.05) is 19.0 Å². The number of halogens is 1. The molecule has 3 aromatic heterocycles. The minimum atomic E-state index is -0.522. The van der Waals surface area contributed by atoms with Crippen molar-refractivity contribution in [3.05, 3.63) is 30.2 Å². The van der Waals surface area contributed by atoms with Gasteiger partial charge < -0.3 is 9.64 Å². The third-order valence-corrected chi connectivity index (χ3v) is 7.82. The first-order chi connectivity index (χ1) is 17.7. The molecule has 1 fully saturated rings. The number of thiazole rings is 1. The molecule has 7 nitrogen and oxygen atoms in total. The Morgan fingerprint density at radius 1 is 1.14 bits per heavy atom. The van der Waals surface area contributed by atoms with Crippen LogP contribution in [0, 0.1) is 23.2 Å². The number of thioether (sulfide) groups is 1. The quantitative estimate of drug-likeness (QED) is 0.153. The molecule has 0 spiro atoms. The van der Waals surface area contributed by atoms with Gasteiger partial charge in [-0.05, 0) is 63.1 Å². The van der Waals surface area contributed by atoms with Gasteiger partial charge in [0.25, 0.3) is 5.19 Å². The van der Waals surface area contributed by atoms with Gasteiger partial charge in [0.05, 0.1) is 16.3 Å². The molecule has 1 N–H and O–H groups in total. The number of pyridine rings is 2. The molecule has 0 aliphatic carbocycles. The molecule has 3 aromatic rings. The average Bonchev–Trinajstić information content (AvgIpc) is 3.31. The summed E-state index contributed by atoms with van der Waals surface area (Å²) in [5, 5.41) is 9.21. The number of likely N-dealkylation sites (tertiary alicyclic amines) is 1. The summed E-state index contributed by atoms with van der Waals surface area (Å²) in [7, 11) is 0. The summed E-state index contributed by atoms with van der Waals surface area (Å²) in [5.41, 5.74) is 1.65. The van der Waals surface area contributed by atoms with E-state index < -0.39 is 5.95 Å². The summed E-state index contributed by atoms with van der Waals surface area (Å²) >= 11 is 2.78. The van der Waals surface area contributed by atoms with Gasteiger partial charge in [-0.1, -0.05) is 39.0 Å². The van der Waals surface area contributed by atoms with E-state index in [2.05, 4.69) is 31.8 Å². The SMILES string of the molecule is CC.CSc1ccc(-c2ccc3nc(OC(C)C4CCN(C(C)=NC(=N)C(C)C)CC4)sc3n2)c(F)n1. The molecule has 0 radical (unpaired) electrons. The van der Waals surface area contributed by atoms with E-state index in [1.54, 1.807) is 18.2 Å². The summed E-state index contributed by atoms with van der Waals surface area (Å²) in [4.78, 5) is 20.6. The number of nitrogens with one attached hydrogen (secondary N) is 1. The second-order valence-electron chi connectivity index (χ2n) is 9.04. The Labute approximate surface area is 227 Å². The highest BCUT2D eigenvalue weighted by molar-refractivity contribution is 7.98. The molecule has 4 rings (SSSR count). The molecular weight excluding hydrogens is 507 g/mol. The Morgan fingerprint density at radius 3 is 2.46 bits per heavy atom. The van der Waals surface area contributed by atoms with Crippen LogP contribution in [0.15, 0.2) is 34.3 Å². The van der Waals surface area contributed by atoms with E-state index in [0.717, 1.165) is 37.3 Å². The van der Waals surface area contributed by atoms with Gasteiger partial charge in [0.2, 0.25) is 5.95 Å². The van der Waals surface area contributed by atoms with Crippen molar-refractivity contribution in [2.24, 2.45) is 16.8 Å². The largest absolute Gasteiger partial charge is 0.467 e. The van der Waals surface area contributed by atoms with E-state index in [1.807, 2.05) is 46.9 Å². The topological polar surface area (TPSA) is 87.4 Å². The maximum atomic E-state index is 14.5. The molecule has 0 bridgehead atoms. The number of hydrogen-bond donors (Lipinski definition) is 1. The third kappa shape index (κ3) is 7.25. The lowest BCUT2D eigenvalue weighted by Gasteiger charge is -2.35. The summed E-state index contributed by atoms with van der Waals surface area (Å²) in [6, 6.07) is 7.13. The number of aromatic nitrogens is 3. The summed E-state index contributed by atoms with van der Waals surface area (Å²) in [6.07, 6.45) is 3.87. The van der Waals surface area contributed by atoms with Crippen LogP contribution in [0.5, 0.6) is 5.19 Å². The van der Waals surface area contributed by atoms with Crippen LogP contribution in [0.2, 0.25) is 0 Å². The van der Waals surface area contributed by atoms with Crippen LogP contribution in [0.3, 0.4) is 0 Å². The van der Waals surface area contributed by atoms with Gasteiger partial charge in [0.15, 0.2) is 0 Å². The zero-order chi connectivity index (χ0) is 27.1. The number of hydrogen-bond acceptors (Lipinski definition) is 7. The molecule has 1 saturated heterocycles. The van der Waals surface area contributed by atoms with Crippen molar-refractivity contribution < 1.29 is 9.13 Å². The lowest BCUT2D eigenvalue weighted by molar-refractivity contribution is 0.109. The van der Waals surface area contributed by atoms with Crippen molar-refractivity contribution in [3.63, 3.8) is 0 Å². The van der Waals surface area contributed by atoms with E-state index in [-0.39, 0.29) is 12.0 Å². The maximum Gasteiger partial charge on any atom is 0.276 e. The van der Waals surface area contributed by atoms with Gasteiger partial charge in [-0.3, -0.25) is 5.41 Å². The number of rotatable bonds is 6. The first-order valence-electron chi connectivity index (χ1n) is 12.8. The zero-order valence-electron chi connectivity index (χ0n) is 22.7. The van der Waals surface area contributed by atoms with E-state index in [0.29, 0.717) is 38.1 Å². The predicted molar refractivity (Wildman–Crippen MR) is 154 cm³/mol. The first kappa shape index (κ1) is 29.0. The standard InChI is InChI=1S/C25H31FN6OS2.C2H6/c1-14(2)23(27)28-16(4)32-12-10-17(11-13-32)15(3)33-25-30-20-8-7-19(29-24(20)35-25)18-6-9-21(34-5)31-22(18)26;1-2/h6-9,14-15,17,27H,10-13H2,1-5H3;1-2H3. The Bertz CT molecular complexity index is 1240. The summed E-state index contributed by atoms with van der Waals surface area (Å²) in [6.45, 7) is 13.9. The molecule has 10 heteroatoms. The van der Waals surface area contributed by atoms with E-state index in [1.165, 1.54) is 23.1 Å². The van der Waals surface area contributed by atoms with Crippen molar-refractivity contribution in [1.29, 1.82) is 5.41 Å². The zero-order valence-corrected chi connectivity index (χ0v) is 24.3. The highest BCUT2D eigenvalue weighted by atomic mass is 32.2. The monoisotopic (exact) mass is 544 g/mol. The number of ether oxygens (including phenoxy) is 1. The van der Waals surface area contributed by atoms with Crippen LogP contribution in [-0.4, -0.2) is 57.0 Å². The van der Waals surface area contributed by atoms with Crippen LogP contribution >= 0.6 is 23.1 Å². The lowest BCUT2D eigenvalue weighted by atomic mass is 9.92. The van der Waals surface area contributed by atoms with Gasteiger partial charge >= 0.3 is 0 Å². The van der Waals surface area contributed by atoms with Crippen molar-refractivity contribution in [2.45, 2.75) is 65.5 Å². The van der Waals surface area contributed by atoms with Gasteiger partial charge in [-0.15, -0.1) is 11.8 Å². The highest BCUT2D eigenvalue weighted by Crippen LogP contribution is 2.32. The van der Waals surface area contributed by atoms with Crippen LogP contribution in [0.25, 0.3) is 21.6 Å². The molecular formula is C27H37FN6OS2. The highest BCUT2D eigenvalue weighted by Gasteiger charge is 2.27. The molecule has 0 amide bonds. The number of fused-ring (bicyclic) bond motifs is 1. The second kappa shape index (κ2) is 13.3. The van der Waals surface area contributed by atoms with Gasteiger partial charge in [-0.25, -0.2) is 19.9 Å². The molecule has 1 unspecified atom stereocenters. The van der Waals surface area contributed by atoms with E-state index in [4.69, 9.17) is 10.1 Å². The predicted octanol–water partition coefficient (Wildman–Crippen LogP) is 7.17. The Morgan fingerprint density at radius 2 is 1.84 bits per heavy atom. The number of piperidine rings is 1. The molecule has 4 heterocycles. The third-order valence-electron chi connectivity index (χ3n) is 6.32. The van der Waals surface area contributed by atoms with E-state index >= 15 is 0 Å². The minimum Gasteiger partial charge on any atom is -0.467 e. The molecule has 1 atom stereocenters. The van der Waals surface area contributed by atoms with Gasteiger partial charge in [0.1, 0.15) is 28.1 Å². The number of nitrogens with zero attached hydrogens (tertiary/aromatic N) is 5. The smallest absolute Gasteiger partial charge is 0.276 e. The molecule has 37 heavy (non-hydrogen) atoms. The van der Waals surface area contributed by atoms with Crippen molar-refractivity contribution >= 4 is 45.1 Å². The Balaban J connectivity index is 0.00000186. The maximum absolute atomic E-state index is 14.5. The van der Waals surface area contributed by atoms with Crippen molar-refractivity contribution in [1.82, 2.24) is 19.9 Å². The first-order valence-corrected chi connectivity index (χ1v) is 14.8. The van der Waals surface area contributed by atoms with Crippen LogP contribution in [0.1, 0.15) is 54.4 Å². The van der Waals surface area contributed by atoms with Crippen LogP contribution < -0.4 is 4.74 Å². The molecule has 1 aliphatic rings. The second-order valence-corrected chi connectivity index (χ2v) is 10.8. The van der Waals surface area contributed by atoms with Gasteiger partial charge in [-0.2, -0.15) is 4.39 Å². The fourth-order valence-corrected chi connectivity index (χ4v) is 5.29. The minimum absolute atomic E-state index is 0.0177.